The molecule has 18 heavy (non-hydrogen) atoms. The minimum absolute atomic E-state index is 0.431. The second kappa shape index (κ2) is 5.00. The van der Waals surface area contributed by atoms with Crippen LogP contribution in [-0.4, -0.2) is 30.1 Å². The first-order valence-corrected chi connectivity index (χ1v) is 6.65. The molecule has 0 aliphatic carbocycles. The van der Waals surface area contributed by atoms with Gasteiger partial charge < -0.3 is 10.8 Å². The molecule has 1 aromatic rings. The van der Waals surface area contributed by atoms with Gasteiger partial charge in [0.2, 0.25) is 0 Å². The molecule has 0 aromatic heterocycles. The van der Waals surface area contributed by atoms with E-state index in [1.165, 1.54) is 5.56 Å². The van der Waals surface area contributed by atoms with Gasteiger partial charge in [-0.3, -0.25) is 4.90 Å². The summed E-state index contributed by atoms with van der Waals surface area (Å²) in [6.45, 7) is 5.47. The minimum atomic E-state index is -0.777. The summed E-state index contributed by atoms with van der Waals surface area (Å²) in [5.41, 5.74) is 7.25. The van der Waals surface area contributed by atoms with Gasteiger partial charge in [0.25, 0.3) is 0 Å². The van der Waals surface area contributed by atoms with Gasteiger partial charge >= 0.3 is 0 Å². The van der Waals surface area contributed by atoms with Crippen molar-refractivity contribution in [3.63, 3.8) is 0 Å². The molecule has 1 heterocycles. The molecular formula is C15H24N2O. The molecule has 1 fully saturated rings. The maximum atomic E-state index is 10.1. The van der Waals surface area contributed by atoms with E-state index in [-0.39, 0.29) is 0 Å². The predicted octanol–water partition coefficient (Wildman–Crippen LogP) is 1.87. The van der Waals surface area contributed by atoms with Crippen LogP contribution >= 0.6 is 0 Å². The third-order valence-electron chi connectivity index (χ3n) is 3.95. The molecule has 0 spiro atoms. The highest BCUT2D eigenvalue weighted by molar-refractivity contribution is 5.30. The van der Waals surface area contributed by atoms with E-state index in [0.29, 0.717) is 12.0 Å². The summed E-state index contributed by atoms with van der Waals surface area (Å²) in [7, 11) is 2.15. The highest BCUT2D eigenvalue weighted by Gasteiger charge is 2.30. The van der Waals surface area contributed by atoms with Gasteiger partial charge in [-0.2, -0.15) is 0 Å². The topological polar surface area (TPSA) is 49.5 Å². The molecule has 3 nitrogen and oxygen atoms in total. The Labute approximate surface area is 110 Å². The second-order valence-corrected chi connectivity index (χ2v) is 5.98. The van der Waals surface area contributed by atoms with Crippen LogP contribution in [0.2, 0.25) is 0 Å². The van der Waals surface area contributed by atoms with E-state index in [4.69, 9.17) is 5.73 Å². The number of likely N-dealkylation sites (tertiary alicyclic amines) is 1. The van der Waals surface area contributed by atoms with Crippen LogP contribution in [0.3, 0.4) is 0 Å². The third-order valence-corrected chi connectivity index (χ3v) is 3.95. The predicted molar refractivity (Wildman–Crippen MR) is 74.2 cm³/mol. The van der Waals surface area contributed by atoms with Crippen LogP contribution in [0.5, 0.6) is 0 Å². The zero-order chi connectivity index (χ0) is 13.3. The highest BCUT2D eigenvalue weighted by atomic mass is 16.3. The molecule has 1 aromatic carbocycles. The van der Waals surface area contributed by atoms with Crippen molar-refractivity contribution in [3.05, 3.63) is 35.4 Å². The Kier molecular flexibility index (Phi) is 3.76. The standard InChI is InChI=1S/C15H24N2O/c1-15(2,18)13-6-4-5-12(8-13)14-7-11(9-16)10-17(14)3/h4-6,8,11,14,18H,7,9-10,16H2,1-3H3. The van der Waals surface area contributed by atoms with Crippen LogP contribution in [0.4, 0.5) is 0 Å². The van der Waals surface area contributed by atoms with E-state index in [1.807, 2.05) is 26.0 Å². The normalized spacial score (nSPS) is 25.6. The summed E-state index contributed by atoms with van der Waals surface area (Å²) in [6.07, 6.45) is 1.11. The van der Waals surface area contributed by atoms with Crippen LogP contribution in [-0.2, 0) is 5.60 Å². The number of benzene rings is 1. The summed E-state index contributed by atoms with van der Waals surface area (Å²) >= 11 is 0. The maximum Gasteiger partial charge on any atom is 0.0840 e. The molecule has 0 bridgehead atoms. The number of hydrogen-bond donors (Lipinski definition) is 2. The molecule has 0 amide bonds. The molecule has 2 unspecified atom stereocenters. The molecule has 100 valence electrons. The van der Waals surface area contributed by atoms with Crippen molar-refractivity contribution in [3.8, 4) is 0 Å². The Bertz CT molecular complexity index is 411. The number of rotatable bonds is 3. The number of nitrogens with two attached hydrogens (primary N) is 1. The molecule has 0 radical (unpaired) electrons. The number of nitrogens with zero attached hydrogens (tertiary/aromatic N) is 1. The van der Waals surface area contributed by atoms with Gasteiger partial charge in [0.15, 0.2) is 0 Å². The van der Waals surface area contributed by atoms with E-state index in [9.17, 15) is 5.11 Å². The Morgan fingerprint density at radius 2 is 2.17 bits per heavy atom. The van der Waals surface area contributed by atoms with Crippen LogP contribution in [0.1, 0.15) is 37.4 Å². The third kappa shape index (κ3) is 2.74. The van der Waals surface area contributed by atoms with Crippen molar-refractivity contribution in [2.24, 2.45) is 11.7 Å². The molecule has 3 N–H and O–H groups in total. The highest BCUT2D eigenvalue weighted by Crippen LogP contribution is 2.35. The van der Waals surface area contributed by atoms with E-state index < -0.39 is 5.60 Å². The van der Waals surface area contributed by atoms with E-state index in [0.717, 1.165) is 25.1 Å². The monoisotopic (exact) mass is 248 g/mol. The maximum absolute atomic E-state index is 10.1. The average Bonchev–Trinajstić information content (AvgIpc) is 2.70. The van der Waals surface area contributed by atoms with Crippen molar-refractivity contribution >= 4 is 0 Å². The van der Waals surface area contributed by atoms with Crippen molar-refractivity contribution in [2.75, 3.05) is 20.1 Å². The van der Waals surface area contributed by atoms with Gasteiger partial charge in [-0.05, 0) is 50.9 Å². The van der Waals surface area contributed by atoms with E-state index in [2.05, 4.69) is 24.1 Å². The smallest absolute Gasteiger partial charge is 0.0840 e. The molecule has 1 aliphatic heterocycles. The van der Waals surface area contributed by atoms with Crippen LogP contribution in [0.15, 0.2) is 24.3 Å². The molecule has 1 saturated heterocycles. The van der Waals surface area contributed by atoms with Crippen molar-refractivity contribution in [1.82, 2.24) is 4.90 Å². The Balaban J connectivity index is 2.24. The van der Waals surface area contributed by atoms with Crippen molar-refractivity contribution in [2.45, 2.75) is 31.9 Å². The van der Waals surface area contributed by atoms with Crippen LogP contribution < -0.4 is 5.73 Å². The molecule has 0 saturated carbocycles. The molecular weight excluding hydrogens is 224 g/mol. The Hall–Kier alpha value is -0.900. The Morgan fingerprint density at radius 1 is 1.44 bits per heavy atom. The first-order valence-electron chi connectivity index (χ1n) is 6.65. The quantitative estimate of drug-likeness (QED) is 0.858. The van der Waals surface area contributed by atoms with Gasteiger partial charge in [-0.15, -0.1) is 0 Å². The summed E-state index contributed by atoms with van der Waals surface area (Å²) in [5.74, 6) is 0.589. The first kappa shape index (κ1) is 13.5. The first-order chi connectivity index (χ1) is 8.41. The second-order valence-electron chi connectivity index (χ2n) is 5.98. The zero-order valence-corrected chi connectivity index (χ0v) is 11.6. The van der Waals surface area contributed by atoms with E-state index in [1.54, 1.807) is 0 Å². The summed E-state index contributed by atoms with van der Waals surface area (Å²) in [4.78, 5) is 2.36. The van der Waals surface area contributed by atoms with Crippen LogP contribution in [0.25, 0.3) is 0 Å². The molecule has 2 rings (SSSR count). The number of aliphatic hydroxyl groups is 1. The lowest BCUT2D eigenvalue weighted by atomic mass is 9.93. The largest absolute Gasteiger partial charge is 0.386 e. The summed E-state index contributed by atoms with van der Waals surface area (Å²) in [5, 5.41) is 10.1. The van der Waals surface area contributed by atoms with Gasteiger partial charge in [-0.1, -0.05) is 24.3 Å². The lowest BCUT2D eigenvalue weighted by molar-refractivity contribution is 0.0784. The fourth-order valence-corrected chi connectivity index (χ4v) is 2.79. The Morgan fingerprint density at radius 3 is 2.72 bits per heavy atom. The van der Waals surface area contributed by atoms with Gasteiger partial charge in [0.05, 0.1) is 5.60 Å². The van der Waals surface area contributed by atoms with Crippen LogP contribution in [0, 0.1) is 5.92 Å². The van der Waals surface area contributed by atoms with Gasteiger partial charge in [0, 0.05) is 12.6 Å². The summed E-state index contributed by atoms with van der Waals surface area (Å²) in [6, 6.07) is 8.72. The van der Waals surface area contributed by atoms with E-state index >= 15 is 0 Å². The fraction of sp³-hybridized carbons (Fsp3) is 0.600. The SMILES string of the molecule is CN1CC(CN)CC1c1cccc(C(C)(C)O)c1. The minimum Gasteiger partial charge on any atom is -0.386 e. The van der Waals surface area contributed by atoms with Crippen molar-refractivity contribution in [1.29, 1.82) is 0 Å². The lowest BCUT2D eigenvalue weighted by Crippen LogP contribution is -2.21. The lowest BCUT2D eigenvalue weighted by Gasteiger charge is -2.23. The number of hydrogen-bond acceptors (Lipinski definition) is 3. The summed E-state index contributed by atoms with van der Waals surface area (Å²) < 4.78 is 0. The molecule has 1 aliphatic rings. The molecule has 3 heteroatoms. The van der Waals surface area contributed by atoms with Gasteiger partial charge in [-0.25, -0.2) is 0 Å². The van der Waals surface area contributed by atoms with Gasteiger partial charge in [0.1, 0.15) is 0 Å². The molecule has 2 atom stereocenters. The zero-order valence-electron chi connectivity index (χ0n) is 11.6. The fourth-order valence-electron chi connectivity index (χ4n) is 2.79. The average molecular weight is 248 g/mol. The van der Waals surface area contributed by atoms with Crippen molar-refractivity contribution < 1.29 is 5.11 Å².